The van der Waals surface area contributed by atoms with E-state index in [1.54, 1.807) is 0 Å². The Balaban J connectivity index is 0.000000321. The van der Waals surface area contributed by atoms with Gasteiger partial charge in [0.05, 0.1) is 13.2 Å². The molecule has 0 saturated carbocycles. The molecule has 6 nitrogen and oxygen atoms in total. The molecule has 2 fully saturated rings. The van der Waals surface area contributed by atoms with Crippen LogP contribution in [0.1, 0.15) is 33.1 Å². The Morgan fingerprint density at radius 1 is 0.750 bits per heavy atom. The monoisotopic (exact) mass is 294 g/mol. The zero-order valence-electron chi connectivity index (χ0n) is 13.4. The smallest absolute Gasteiger partial charge is 0.132 e. The maximum Gasteiger partial charge on any atom is 0.132 e. The van der Waals surface area contributed by atoms with Crippen LogP contribution in [0.3, 0.4) is 0 Å². The molecule has 0 aliphatic carbocycles. The highest BCUT2D eigenvalue weighted by atomic mass is 16.6. The molecular weight excluding hydrogens is 260 g/mol. The average Bonchev–Trinajstić information content (AvgIpc) is 2.51. The minimum Gasteiger partial charge on any atom is -0.400 e. The molecule has 0 spiro atoms. The van der Waals surface area contributed by atoms with Crippen LogP contribution >= 0.6 is 0 Å². The van der Waals surface area contributed by atoms with Gasteiger partial charge in [-0.05, 0) is 33.1 Å². The van der Waals surface area contributed by atoms with Gasteiger partial charge in [0.1, 0.15) is 39.3 Å². The minimum atomic E-state index is 0.194. The molecule has 2 aliphatic heterocycles. The van der Waals surface area contributed by atoms with Crippen LogP contribution in [0.25, 0.3) is 0 Å². The van der Waals surface area contributed by atoms with Crippen molar-refractivity contribution in [2.24, 2.45) is 0 Å². The predicted octanol–water partition coefficient (Wildman–Crippen LogP) is 1.25. The summed E-state index contributed by atoms with van der Waals surface area (Å²) in [6, 6.07) is 0. The Bertz CT molecular complexity index is 203. The number of aliphatic hydroxyl groups excluding tert-OH is 1. The van der Waals surface area contributed by atoms with Gasteiger partial charge in [0.15, 0.2) is 0 Å². The lowest BCUT2D eigenvalue weighted by molar-refractivity contribution is -1.10. The summed E-state index contributed by atoms with van der Waals surface area (Å²) in [5, 5.41) is 26.2. The number of ether oxygens (including phenoxy) is 1. The number of rotatable bonds is 2. The van der Waals surface area contributed by atoms with E-state index >= 15 is 0 Å². The quantitative estimate of drug-likeness (QED) is 0.670. The van der Waals surface area contributed by atoms with Crippen LogP contribution in [0.4, 0.5) is 0 Å². The highest BCUT2D eigenvalue weighted by Gasteiger charge is 2.26. The molecule has 2 rings (SSSR count). The van der Waals surface area contributed by atoms with Crippen LogP contribution in [-0.2, 0) is 4.74 Å². The van der Waals surface area contributed by atoms with Crippen LogP contribution in [0.15, 0.2) is 0 Å². The first-order chi connectivity index (χ1) is 9.54. The van der Waals surface area contributed by atoms with Crippen molar-refractivity contribution >= 4 is 0 Å². The summed E-state index contributed by atoms with van der Waals surface area (Å²) in [4.78, 5) is 0. The summed E-state index contributed by atoms with van der Waals surface area (Å²) in [7, 11) is 1.00. The number of nitrogens with zero attached hydrogens (tertiary/aromatic N) is 2. The first-order valence-electron chi connectivity index (χ1n) is 7.74. The van der Waals surface area contributed by atoms with Gasteiger partial charge in [-0.1, -0.05) is 0 Å². The van der Waals surface area contributed by atoms with E-state index in [0.717, 1.165) is 46.4 Å². The molecule has 0 amide bonds. The van der Waals surface area contributed by atoms with Crippen molar-refractivity contribution in [2.75, 3.05) is 59.6 Å². The van der Waals surface area contributed by atoms with Crippen LogP contribution in [-0.4, -0.2) is 84.4 Å². The lowest BCUT2D eigenvalue weighted by Gasteiger charge is -2.32. The van der Waals surface area contributed by atoms with Crippen LogP contribution in [0, 0.1) is 0 Å². The molecule has 2 aliphatic rings. The molecule has 0 unspecified atom stereocenters. The minimum absolute atomic E-state index is 0.194. The van der Waals surface area contributed by atoms with Gasteiger partial charge in [0.2, 0.25) is 0 Å². The second-order valence-corrected chi connectivity index (χ2v) is 5.39. The Labute approximate surface area is 123 Å². The van der Waals surface area contributed by atoms with E-state index < -0.39 is 0 Å². The van der Waals surface area contributed by atoms with Crippen molar-refractivity contribution in [1.82, 2.24) is 0 Å². The molecule has 2 heterocycles. The SMILES string of the molecule is CC[N+]1(O)CCCCC1.CC[N+]1(O)CCOCC1.CO. The molecule has 20 heavy (non-hydrogen) atoms. The summed E-state index contributed by atoms with van der Waals surface area (Å²) in [5.74, 6) is 0. The standard InChI is InChI=1S/C7H16NO.C6H14NO2.CH4O/c1-2-8(9)6-4-3-5-7-8;1-2-7(8)3-5-9-6-4-7;1-2/h9H,2-7H2,1H3;8H,2-6H2,1H3;2H,1H3/q2*+1;. The van der Waals surface area contributed by atoms with Crippen molar-refractivity contribution in [3.63, 3.8) is 0 Å². The summed E-state index contributed by atoms with van der Waals surface area (Å²) < 4.78 is 5.60. The zero-order valence-corrected chi connectivity index (χ0v) is 13.4. The molecule has 0 radical (unpaired) electrons. The molecule has 0 aromatic heterocycles. The van der Waals surface area contributed by atoms with Crippen LogP contribution in [0.5, 0.6) is 0 Å². The van der Waals surface area contributed by atoms with Crippen LogP contribution in [0.2, 0.25) is 0 Å². The third-order valence-electron chi connectivity index (χ3n) is 4.13. The van der Waals surface area contributed by atoms with E-state index in [0.29, 0.717) is 17.9 Å². The van der Waals surface area contributed by atoms with Gasteiger partial charge in [-0.3, -0.25) is 0 Å². The number of hydrogen-bond acceptors (Lipinski definition) is 4. The molecule has 122 valence electrons. The van der Waals surface area contributed by atoms with E-state index in [9.17, 15) is 10.4 Å². The van der Waals surface area contributed by atoms with Crippen molar-refractivity contribution in [3.8, 4) is 0 Å². The highest BCUT2D eigenvalue weighted by molar-refractivity contribution is 4.47. The number of morpholine rings is 1. The summed E-state index contributed by atoms with van der Waals surface area (Å²) >= 11 is 0. The van der Waals surface area contributed by atoms with Gasteiger partial charge in [0.25, 0.3) is 0 Å². The van der Waals surface area contributed by atoms with E-state index in [-0.39, 0.29) is 4.65 Å². The first kappa shape index (κ1) is 19.8. The highest BCUT2D eigenvalue weighted by Crippen LogP contribution is 2.14. The van der Waals surface area contributed by atoms with E-state index in [2.05, 4.69) is 0 Å². The number of likely N-dealkylation sites (N-methyl/N-ethyl adjacent to an activating group) is 1. The van der Waals surface area contributed by atoms with Gasteiger partial charge in [0, 0.05) is 7.11 Å². The number of likely N-dealkylation sites (tertiary alicyclic amines) is 1. The average molecular weight is 294 g/mol. The van der Waals surface area contributed by atoms with Crippen molar-refractivity contribution in [3.05, 3.63) is 0 Å². The topological polar surface area (TPSA) is 69.9 Å². The Hall–Kier alpha value is -0.240. The van der Waals surface area contributed by atoms with Crippen molar-refractivity contribution in [2.45, 2.75) is 33.1 Å². The Kier molecular flexibility index (Phi) is 10.4. The van der Waals surface area contributed by atoms with E-state index in [4.69, 9.17) is 9.84 Å². The lowest BCUT2D eigenvalue weighted by atomic mass is 10.1. The third kappa shape index (κ3) is 7.52. The molecular formula is C14H34N2O4+2. The van der Waals surface area contributed by atoms with Gasteiger partial charge in [-0.25, -0.2) is 10.4 Å². The molecule has 0 aromatic carbocycles. The Morgan fingerprint density at radius 3 is 1.45 bits per heavy atom. The lowest BCUT2D eigenvalue weighted by Crippen LogP contribution is -2.52. The normalized spacial score (nSPS) is 23.7. The second kappa shape index (κ2) is 10.5. The maximum atomic E-state index is 9.62. The molecule has 6 heteroatoms. The van der Waals surface area contributed by atoms with Gasteiger partial charge >= 0.3 is 0 Å². The maximum absolute atomic E-state index is 9.62. The number of hydrogen-bond donors (Lipinski definition) is 3. The number of aliphatic hydroxyl groups is 1. The number of quaternary nitrogens is 2. The van der Waals surface area contributed by atoms with Crippen LogP contribution < -0.4 is 0 Å². The number of hydroxylamine groups is 6. The van der Waals surface area contributed by atoms with Crippen molar-refractivity contribution < 1.29 is 29.6 Å². The fourth-order valence-electron chi connectivity index (χ4n) is 2.42. The number of piperidine rings is 1. The fourth-order valence-corrected chi connectivity index (χ4v) is 2.42. The van der Waals surface area contributed by atoms with Gasteiger partial charge in [-0.15, -0.1) is 0 Å². The molecule has 2 saturated heterocycles. The van der Waals surface area contributed by atoms with Gasteiger partial charge < -0.3 is 9.84 Å². The summed E-state index contributed by atoms with van der Waals surface area (Å²) in [6.45, 7) is 10.5. The first-order valence-corrected chi connectivity index (χ1v) is 7.74. The summed E-state index contributed by atoms with van der Waals surface area (Å²) in [5.41, 5.74) is 0. The zero-order chi connectivity index (χ0) is 15.5. The van der Waals surface area contributed by atoms with Gasteiger partial charge in [-0.2, -0.15) is 9.29 Å². The summed E-state index contributed by atoms with van der Waals surface area (Å²) in [6.07, 6.45) is 3.70. The molecule has 0 aromatic rings. The van der Waals surface area contributed by atoms with E-state index in [1.165, 1.54) is 19.3 Å². The third-order valence-corrected chi connectivity index (χ3v) is 4.13. The molecule has 0 atom stereocenters. The largest absolute Gasteiger partial charge is 0.400 e. The Morgan fingerprint density at radius 2 is 1.15 bits per heavy atom. The predicted molar refractivity (Wildman–Crippen MR) is 77.5 cm³/mol. The second-order valence-electron chi connectivity index (χ2n) is 5.39. The molecule has 3 N–H and O–H groups in total. The van der Waals surface area contributed by atoms with E-state index in [1.807, 2.05) is 13.8 Å². The molecule has 0 bridgehead atoms. The van der Waals surface area contributed by atoms with Crippen molar-refractivity contribution in [1.29, 1.82) is 0 Å². The fraction of sp³-hybridized carbons (Fsp3) is 1.00.